The van der Waals surface area contributed by atoms with Crippen LogP contribution in [0.25, 0.3) is 0 Å². The molecule has 0 radical (unpaired) electrons. The molecule has 0 fully saturated rings. The minimum Gasteiger partial charge on any atom is -0.0992 e. The Balaban J connectivity index is 0.000000845. The van der Waals surface area contributed by atoms with Crippen molar-refractivity contribution in [3.05, 3.63) is 72.4 Å². The van der Waals surface area contributed by atoms with Gasteiger partial charge >= 0.3 is 0 Å². The zero-order valence-electron chi connectivity index (χ0n) is 17.5. The lowest BCUT2D eigenvalue weighted by Crippen LogP contribution is -2.06. The first kappa shape index (κ1) is 23.4. The van der Waals surface area contributed by atoms with Gasteiger partial charge in [0.1, 0.15) is 0 Å². The lowest BCUT2D eigenvalue weighted by molar-refractivity contribution is 0.517. The summed E-state index contributed by atoms with van der Waals surface area (Å²) in [7, 11) is 0. The Morgan fingerprint density at radius 3 is 1.92 bits per heavy atom. The van der Waals surface area contributed by atoms with Crippen LogP contribution in [-0.4, -0.2) is 0 Å². The third-order valence-corrected chi connectivity index (χ3v) is 3.98. The molecule has 140 valence electrons. The predicted molar refractivity (Wildman–Crippen MR) is 116 cm³/mol. The lowest BCUT2D eigenvalue weighted by atomic mass is 9.83. The first-order valence-electron chi connectivity index (χ1n) is 10.1. The monoisotopic (exact) mass is 340 g/mol. The van der Waals surface area contributed by atoms with Crippen LogP contribution in [0.5, 0.6) is 0 Å². The molecule has 2 rings (SSSR count). The van der Waals surface area contributed by atoms with E-state index in [0.717, 1.165) is 24.7 Å². The number of benzene rings is 1. The van der Waals surface area contributed by atoms with E-state index >= 15 is 0 Å². The average Bonchev–Trinajstić information content (AvgIpc) is 2.86. The molecule has 0 heterocycles. The van der Waals surface area contributed by atoms with Gasteiger partial charge in [-0.3, -0.25) is 0 Å². The maximum atomic E-state index is 4.38. The number of hydrogen-bond donors (Lipinski definition) is 0. The van der Waals surface area contributed by atoms with Gasteiger partial charge in [-0.1, -0.05) is 108 Å². The van der Waals surface area contributed by atoms with Gasteiger partial charge in [0.2, 0.25) is 0 Å². The van der Waals surface area contributed by atoms with Crippen LogP contribution in [0.3, 0.4) is 0 Å². The number of allylic oxidation sites excluding steroid dienone is 5. The van der Waals surface area contributed by atoms with Crippen molar-refractivity contribution in [2.24, 2.45) is 11.8 Å². The second-order valence-corrected chi connectivity index (χ2v) is 7.16. The highest BCUT2D eigenvalue weighted by Crippen LogP contribution is 2.33. The van der Waals surface area contributed by atoms with Gasteiger partial charge in [0.05, 0.1) is 0 Å². The molecule has 1 atom stereocenters. The van der Waals surface area contributed by atoms with Gasteiger partial charge in [0.25, 0.3) is 0 Å². The molecule has 0 aliphatic heterocycles. The Hall–Kier alpha value is -1.56. The van der Waals surface area contributed by atoms with Crippen LogP contribution < -0.4 is 0 Å². The maximum Gasteiger partial charge on any atom is 0.00429 e. The number of hydrogen-bond acceptors (Lipinski definition) is 0. The summed E-state index contributed by atoms with van der Waals surface area (Å²) in [5, 5.41) is 0. The van der Waals surface area contributed by atoms with Gasteiger partial charge < -0.3 is 0 Å². The fourth-order valence-electron chi connectivity index (χ4n) is 2.92. The minimum absolute atomic E-state index is 0.511. The van der Waals surface area contributed by atoms with Crippen molar-refractivity contribution >= 4 is 0 Å². The van der Waals surface area contributed by atoms with E-state index < -0.39 is 0 Å². The molecular weight excluding hydrogens is 300 g/mol. The average molecular weight is 341 g/mol. The Morgan fingerprint density at radius 1 is 1.00 bits per heavy atom. The van der Waals surface area contributed by atoms with Crippen molar-refractivity contribution < 1.29 is 0 Å². The summed E-state index contributed by atoms with van der Waals surface area (Å²) in [4.78, 5) is 0. The van der Waals surface area contributed by atoms with E-state index in [0.29, 0.717) is 5.92 Å². The van der Waals surface area contributed by atoms with E-state index in [-0.39, 0.29) is 0 Å². The first-order chi connectivity index (χ1) is 12.0. The molecule has 0 saturated carbocycles. The summed E-state index contributed by atoms with van der Waals surface area (Å²) < 4.78 is 0. The molecule has 0 spiro atoms. The Bertz CT molecular complexity index is 473. The van der Waals surface area contributed by atoms with Crippen molar-refractivity contribution in [3.8, 4) is 0 Å². The summed E-state index contributed by atoms with van der Waals surface area (Å²) in [5.74, 6) is 2.07. The zero-order valence-corrected chi connectivity index (χ0v) is 17.5. The highest BCUT2D eigenvalue weighted by Gasteiger charge is 2.16. The van der Waals surface area contributed by atoms with E-state index in [2.05, 4.69) is 88.9 Å². The van der Waals surface area contributed by atoms with Crippen LogP contribution in [-0.2, 0) is 0 Å². The number of rotatable bonds is 5. The van der Waals surface area contributed by atoms with Gasteiger partial charge in [-0.25, -0.2) is 0 Å². The molecule has 0 bridgehead atoms. The van der Waals surface area contributed by atoms with Crippen LogP contribution in [0.15, 0.2) is 66.8 Å². The largest absolute Gasteiger partial charge is 0.0992 e. The third kappa shape index (κ3) is 10.8. The van der Waals surface area contributed by atoms with Crippen LogP contribution in [0.4, 0.5) is 0 Å². The summed E-state index contributed by atoms with van der Waals surface area (Å²) >= 11 is 0. The quantitative estimate of drug-likeness (QED) is 0.472. The molecule has 0 nitrogen and oxygen atoms in total. The predicted octanol–water partition coefficient (Wildman–Crippen LogP) is 8.34. The molecule has 0 aromatic heterocycles. The van der Waals surface area contributed by atoms with Crippen LogP contribution in [0.1, 0.15) is 78.7 Å². The highest BCUT2D eigenvalue weighted by atomic mass is 14.2. The molecule has 0 amide bonds. The molecule has 1 aliphatic rings. The van der Waals surface area contributed by atoms with Gasteiger partial charge in [-0.15, -0.1) is 0 Å². The van der Waals surface area contributed by atoms with Crippen LogP contribution in [0.2, 0.25) is 0 Å². The molecule has 0 N–H and O–H groups in total. The fraction of sp³-hybridized carbons (Fsp3) is 0.520. The third-order valence-electron chi connectivity index (χ3n) is 3.98. The van der Waals surface area contributed by atoms with E-state index in [1.807, 2.05) is 13.8 Å². The van der Waals surface area contributed by atoms with Crippen molar-refractivity contribution in [2.75, 3.05) is 0 Å². The molecule has 25 heavy (non-hydrogen) atoms. The van der Waals surface area contributed by atoms with Gasteiger partial charge in [-0.05, 0) is 43.1 Å². The molecule has 1 aromatic carbocycles. The molecule has 0 heteroatoms. The molecular formula is C25H40. The molecule has 0 saturated heterocycles. The van der Waals surface area contributed by atoms with Crippen molar-refractivity contribution in [1.29, 1.82) is 0 Å². The Kier molecular flexibility index (Phi) is 13.8. The van der Waals surface area contributed by atoms with Crippen molar-refractivity contribution in [2.45, 2.75) is 73.1 Å². The maximum absolute atomic E-state index is 4.38. The summed E-state index contributed by atoms with van der Waals surface area (Å²) in [6.45, 7) is 17.1. The van der Waals surface area contributed by atoms with E-state index in [4.69, 9.17) is 0 Å². The van der Waals surface area contributed by atoms with Crippen LogP contribution in [0, 0.1) is 11.8 Å². The van der Waals surface area contributed by atoms with Crippen molar-refractivity contribution in [3.63, 3.8) is 0 Å². The van der Waals surface area contributed by atoms with Gasteiger partial charge in [0.15, 0.2) is 0 Å². The lowest BCUT2D eigenvalue weighted by Gasteiger charge is -2.22. The molecule has 1 aromatic rings. The smallest absolute Gasteiger partial charge is 0.00429 e. The zero-order chi connectivity index (χ0) is 19.1. The highest BCUT2D eigenvalue weighted by molar-refractivity contribution is 5.27. The second-order valence-electron chi connectivity index (χ2n) is 7.16. The summed E-state index contributed by atoms with van der Waals surface area (Å²) in [5.41, 5.74) is 2.80. The van der Waals surface area contributed by atoms with E-state index in [9.17, 15) is 0 Å². The van der Waals surface area contributed by atoms with Crippen molar-refractivity contribution in [1.82, 2.24) is 0 Å². The standard InChI is InChI=1S/C19H24.C4H10.C2H6/c1-3-19(18-13-9-6-10-14-18)16(2)15-17-11-7-4-5-8-12-17;1-4(2)3;1-2/h4-10,13-14,17,19H,2-3,11-12,15H2,1H3;4H,1-3H3;1-2H3. The van der Waals surface area contributed by atoms with E-state index in [1.165, 1.54) is 24.0 Å². The Morgan fingerprint density at radius 2 is 1.48 bits per heavy atom. The van der Waals surface area contributed by atoms with Gasteiger partial charge in [0, 0.05) is 5.92 Å². The second kappa shape index (κ2) is 14.8. The van der Waals surface area contributed by atoms with Gasteiger partial charge in [-0.2, -0.15) is 0 Å². The SMILES string of the molecule is C=C(CC1CC=CC=CC1)C(CC)c1ccccc1.CC.CC(C)C. The molecule has 1 unspecified atom stereocenters. The molecule has 1 aliphatic carbocycles. The summed E-state index contributed by atoms with van der Waals surface area (Å²) in [6, 6.07) is 10.8. The van der Waals surface area contributed by atoms with Crippen LogP contribution >= 0.6 is 0 Å². The van der Waals surface area contributed by atoms with E-state index in [1.54, 1.807) is 0 Å². The normalized spacial score (nSPS) is 14.7. The fourth-order valence-corrected chi connectivity index (χ4v) is 2.92. The minimum atomic E-state index is 0.511. The summed E-state index contributed by atoms with van der Waals surface area (Å²) in [6.07, 6.45) is 13.5. The topological polar surface area (TPSA) is 0 Å². The Labute approximate surface area is 157 Å². The first-order valence-corrected chi connectivity index (χ1v) is 10.1.